The summed E-state index contributed by atoms with van der Waals surface area (Å²) in [6.07, 6.45) is 7.62. The van der Waals surface area contributed by atoms with Gasteiger partial charge in [0.25, 0.3) is 6.20 Å². The van der Waals surface area contributed by atoms with Crippen molar-refractivity contribution in [3.63, 3.8) is 0 Å². The Morgan fingerprint density at radius 2 is 1.78 bits per heavy atom. The molecule has 2 aromatic carbocycles. The Morgan fingerprint density at radius 3 is 2.49 bits per heavy atom. The zero-order valence-corrected chi connectivity index (χ0v) is 23.9. The molecule has 0 atom stereocenters. The molecule has 5 nitrogen and oxygen atoms in total. The van der Waals surface area contributed by atoms with Gasteiger partial charge in [-0.05, 0) is 50.4 Å². The SMILES string of the molecule is CC(C)[N+]1=C=[N+](c2[c-]c3oc4ncccc4c3cc2)C=C1.Cc1c[c-]c(-c2cc(C)c(C)cn2)cc1.[Ir]. The number of aromatic nitrogens is 2. The van der Waals surface area contributed by atoms with E-state index in [-0.39, 0.29) is 20.1 Å². The maximum Gasteiger partial charge on any atom is 0.493 e. The number of nitrogens with zero attached hydrogens (tertiary/aromatic N) is 4. The molecule has 187 valence electrons. The summed E-state index contributed by atoms with van der Waals surface area (Å²) in [7, 11) is 0. The van der Waals surface area contributed by atoms with Crippen LogP contribution in [0.25, 0.3) is 33.3 Å². The summed E-state index contributed by atoms with van der Waals surface area (Å²) in [5.41, 5.74) is 8.05. The van der Waals surface area contributed by atoms with E-state index in [2.05, 4.69) is 80.9 Å². The summed E-state index contributed by atoms with van der Waals surface area (Å²) in [6.45, 7) is 10.5. The molecule has 0 fully saturated rings. The van der Waals surface area contributed by atoms with E-state index in [1.54, 1.807) is 6.20 Å². The number of hydrogen-bond donors (Lipinski definition) is 0. The van der Waals surface area contributed by atoms with E-state index in [4.69, 9.17) is 4.42 Å². The molecule has 0 unspecified atom stereocenters. The molecular formula is C31H28IrN4O. The predicted molar refractivity (Wildman–Crippen MR) is 143 cm³/mol. The number of benzene rings is 2. The van der Waals surface area contributed by atoms with Gasteiger partial charge in [-0.2, -0.15) is 6.07 Å². The Bertz CT molecular complexity index is 1670. The summed E-state index contributed by atoms with van der Waals surface area (Å²) in [5.74, 6) is 0. The summed E-state index contributed by atoms with van der Waals surface area (Å²) in [5, 5.41) is 2.05. The summed E-state index contributed by atoms with van der Waals surface area (Å²) < 4.78 is 9.71. The van der Waals surface area contributed by atoms with Gasteiger partial charge in [-0.25, -0.2) is 4.98 Å². The minimum atomic E-state index is 0. The van der Waals surface area contributed by atoms with Gasteiger partial charge in [0.1, 0.15) is 5.69 Å². The third kappa shape index (κ3) is 5.68. The predicted octanol–water partition coefficient (Wildman–Crippen LogP) is 6.98. The first-order chi connectivity index (χ1) is 17.4. The van der Waals surface area contributed by atoms with E-state index in [1.807, 2.05) is 58.1 Å². The first-order valence-electron chi connectivity index (χ1n) is 12.0. The third-order valence-corrected chi connectivity index (χ3v) is 6.19. The molecule has 37 heavy (non-hydrogen) atoms. The molecule has 1 aliphatic heterocycles. The van der Waals surface area contributed by atoms with Crippen LogP contribution in [0.15, 0.2) is 77.7 Å². The van der Waals surface area contributed by atoms with Crippen molar-refractivity contribution in [2.45, 2.75) is 40.7 Å². The van der Waals surface area contributed by atoms with Gasteiger partial charge in [0, 0.05) is 38.1 Å². The smallest absolute Gasteiger partial charge is 0.465 e. The standard InChI is InChI=1S/C17H14N3O.C14H14N.Ir/c1-12(2)19-8-9-20(11-19)13-5-6-14-15-4-3-7-18-17(15)21-16(14)10-13;1-10-4-6-13(7-5-10)14-8-11(2)12(3)9-15-14;/h3-9,12H,1-2H3;4-6,8-9H,1-3H3;/q+1;-1;. The maximum atomic E-state index is 5.77. The van der Waals surface area contributed by atoms with Gasteiger partial charge in [-0.1, -0.05) is 51.3 Å². The van der Waals surface area contributed by atoms with Crippen LogP contribution in [0.2, 0.25) is 0 Å². The largest absolute Gasteiger partial charge is 0.493 e. The minimum Gasteiger partial charge on any atom is -0.465 e. The van der Waals surface area contributed by atoms with Crippen molar-refractivity contribution in [2.24, 2.45) is 0 Å². The first-order valence-corrected chi connectivity index (χ1v) is 12.0. The topological polar surface area (TPSA) is 44.9 Å². The Morgan fingerprint density at radius 1 is 0.946 bits per heavy atom. The first kappa shape index (κ1) is 26.4. The monoisotopic (exact) mass is 665 g/mol. The maximum absolute atomic E-state index is 5.77. The van der Waals surface area contributed by atoms with Crippen LogP contribution in [0.3, 0.4) is 0 Å². The van der Waals surface area contributed by atoms with E-state index < -0.39 is 0 Å². The normalized spacial score (nSPS) is 12.3. The molecule has 0 bridgehead atoms. The minimum absolute atomic E-state index is 0. The van der Waals surface area contributed by atoms with E-state index in [9.17, 15) is 0 Å². The fourth-order valence-corrected chi connectivity index (χ4v) is 3.86. The number of hydrogen-bond acceptors (Lipinski definition) is 3. The van der Waals surface area contributed by atoms with Crippen molar-refractivity contribution >= 4 is 33.8 Å². The van der Waals surface area contributed by atoms with E-state index in [0.29, 0.717) is 11.8 Å². The fraction of sp³-hybridized carbons (Fsp3) is 0.194. The third-order valence-electron chi connectivity index (χ3n) is 6.19. The molecule has 4 heterocycles. The van der Waals surface area contributed by atoms with Gasteiger partial charge >= 0.3 is 6.01 Å². The quantitative estimate of drug-likeness (QED) is 0.155. The Balaban J connectivity index is 0.000000178. The number of furan rings is 1. The van der Waals surface area contributed by atoms with Gasteiger partial charge in [0.15, 0.2) is 6.04 Å². The Hall–Kier alpha value is -3.69. The molecule has 0 N–H and O–H groups in total. The number of fused-ring (bicyclic) bond motifs is 3. The van der Waals surface area contributed by atoms with Gasteiger partial charge in [0.05, 0.1) is 0 Å². The molecule has 0 saturated carbocycles. The van der Waals surface area contributed by atoms with Gasteiger partial charge in [-0.15, -0.1) is 35.4 Å². The second-order valence-electron chi connectivity index (χ2n) is 9.25. The van der Waals surface area contributed by atoms with Crippen molar-refractivity contribution in [3.05, 3.63) is 102 Å². The van der Waals surface area contributed by atoms with Crippen LogP contribution in [0.4, 0.5) is 5.69 Å². The zero-order chi connectivity index (χ0) is 25.2. The van der Waals surface area contributed by atoms with Crippen molar-refractivity contribution < 1.29 is 33.7 Å². The Labute approximate surface area is 230 Å². The van der Waals surface area contributed by atoms with Gasteiger partial charge < -0.3 is 9.40 Å². The number of rotatable bonds is 3. The average molecular weight is 665 g/mol. The van der Waals surface area contributed by atoms with Crippen LogP contribution in [-0.2, 0) is 20.1 Å². The van der Waals surface area contributed by atoms with Crippen LogP contribution in [-0.4, -0.2) is 31.2 Å². The van der Waals surface area contributed by atoms with E-state index in [1.165, 1.54) is 16.7 Å². The summed E-state index contributed by atoms with van der Waals surface area (Å²) in [6, 6.07) is 26.4. The molecule has 6 heteroatoms. The molecule has 0 amide bonds. The van der Waals surface area contributed by atoms with Gasteiger partial charge in [-0.3, -0.25) is 0 Å². The van der Waals surface area contributed by atoms with E-state index >= 15 is 0 Å². The van der Waals surface area contributed by atoms with Gasteiger partial charge in [0.2, 0.25) is 11.9 Å². The zero-order valence-electron chi connectivity index (χ0n) is 21.5. The summed E-state index contributed by atoms with van der Waals surface area (Å²) >= 11 is 0. The van der Waals surface area contributed by atoms with Crippen molar-refractivity contribution in [1.82, 2.24) is 9.97 Å². The molecule has 6 rings (SSSR count). The van der Waals surface area contributed by atoms with Crippen LogP contribution < -0.4 is 0 Å². The van der Waals surface area contributed by atoms with Crippen LogP contribution in [0, 0.1) is 32.9 Å². The van der Waals surface area contributed by atoms with Crippen molar-refractivity contribution in [3.8, 4) is 11.3 Å². The van der Waals surface area contributed by atoms with Crippen LogP contribution in [0.1, 0.15) is 30.5 Å². The van der Waals surface area contributed by atoms with Crippen LogP contribution >= 0.6 is 0 Å². The fourth-order valence-electron chi connectivity index (χ4n) is 3.86. The number of pyridine rings is 2. The molecule has 0 aliphatic carbocycles. The molecule has 3 aromatic heterocycles. The number of aryl methyl sites for hydroxylation is 3. The molecular weight excluding hydrogens is 637 g/mol. The van der Waals surface area contributed by atoms with Crippen LogP contribution in [0.5, 0.6) is 0 Å². The molecule has 0 spiro atoms. The summed E-state index contributed by atoms with van der Waals surface area (Å²) in [4.78, 5) is 8.65. The molecule has 5 aromatic rings. The molecule has 1 aliphatic rings. The Kier molecular flexibility index (Phi) is 7.94. The molecule has 1 radical (unpaired) electrons. The van der Waals surface area contributed by atoms with Crippen molar-refractivity contribution in [1.29, 1.82) is 0 Å². The van der Waals surface area contributed by atoms with Crippen molar-refractivity contribution in [2.75, 3.05) is 0 Å². The molecule has 0 saturated heterocycles. The second-order valence-corrected chi connectivity index (χ2v) is 9.25. The van der Waals surface area contributed by atoms with E-state index in [0.717, 1.165) is 33.3 Å². The second kappa shape index (κ2) is 11.1. The average Bonchev–Trinajstić information content (AvgIpc) is 3.52.